The third-order valence-corrected chi connectivity index (χ3v) is 1.84. The van der Waals surface area contributed by atoms with Crippen LogP contribution in [0.25, 0.3) is 0 Å². The van der Waals surface area contributed by atoms with E-state index in [0.29, 0.717) is 0 Å². The fourth-order valence-corrected chi connectivity index (χ4v) is 0.946. The van der Waals surface area contributed by atoms with Gasteiger partial charge >= 0.3 is 11.9 Å². The van der Waals surface area contributed by atoms with Crippen molar-refractivity contribution in [3.8, 4) is 0 Å². The van der Waals surface area contributed by atoms with Gasteiger partial charge in [0.15, 0.2) is 21.7 Å². The summed E-state index contributed by atoms with van der Waals surface area (Å²) in [6.07, 6.45) is 0. The number of hydrogen-bond donors (Lipinski definition) is 2. The summed E-state index contributed by atoms with van der Waals surface area (Å²) in [7, 11) is 0. The molecular formula is C6H4Cl4N2O4. The molecule has 0 fully saturated rings. The van der Waals surface area contributed by atoms with E-state index in [1.54, 1.807) is 0 Å². The highest BCUT2D eigenvalue weighted by Gasteiger charge is 2.21. The van der Waals surface area contributed by atoms with Crippen LogP contribution in [0.3, 0.4) is 0 Å². The van der Waals surface area contributed by atoms with Gasteiger partial charge in [-0.15, -0.1) is 24.8 Å². The Labute approximate surface area is 111 Å². The summed E-state index contributed by atoms with van der Waals surface area (Å²) in [5.41, 5.74) is -1.49. The summed E-state index contributed by atoms with van der Waals surface area (Å²) in [4.78, 5) is 27.6. The molecule has 10 heteroatoms. The largest absolute Gasteiger partial charge is 0.476 e. The Kier molecular flexibility index (Phi) is 7.35. The van der Waals surface area contributed by atoms with Crippen molar-refractivity contribution in [3.63, 3.8) is 0 Å². The zero-order chi connectivity index (χ0) is 10.9. The van der Waals surface area contributed by atoms with Gasteiger partial charge in [0.05, 0.1) is 0 Å². The van der Waals surface area contributed by atoms with Crippen LogP contribution in [0.1, 0.15) is 21.0 Å². The highest BCUT2D eigenvalue weighted by molar-refractivity contribution is 6.40. The third-order valence-electron chi connectivity index (χ3n) is 1.22. The van der Waals surface area contributed by atoms with Crippen LogP contribution < -0.4 is 0 Å². The molecule has 0 amide bonds. The van der Waals surface area contributed by atoms with Gasteiger partial charge in [-0.05, 0) is 0 Å². The van der Waals surface area contributed by atoms with Crippen LogP contribution in [-0.4, -0.2) is 32.1 Å². The Morgan fingerprint density at radius 1 is 0.875 bits per heavy atom. The maximum absolute atomic E-state index is 10.5. The van der Waals surface area contributed by atoms with Crippen LogP contribution >= 0.6 is 48.0 Å². The van der Waals surface area contributed by atoms with E-state index in [0.717, 1.165) is 0 Å². The van der Waals surface area contributed by atoms with Crippen molar-refractivity contribution in [1.82, 2.24) is 9.97 Å². The zero-order valence-corrected chi connectivity index (χ0v) is 10.3. The summed E-state index contributed by atoms with van der Waals surface area (Å²) >= 11 is 10.7. The average molecular weight is 310 g/mol. The second kappa shape index (κ2) is 6.70. The van der Waals surface area contributed by atoms with Crippen molar-refractivity contribution >= 4 is 60.0 Å². The normalized spacial score (nSPS) is 8.62. The quantitative estimate of drug-likeness (QED) is 0.867. The smallest absolute Gasteiger partial charge is 0.357 e. The number of rotatable bonds is 2. The van der Waals surface area contributed by atoms with Gasteiger partial charge in [0, 0.05) is 0 Å². The Bertz CT molecular complexity index is 386. The Morgan fingerprint density at radius 3 is 1.31 bits per heavy atom. The zero-order valence-electron chi connectivity index (χ0n) is 7.18. The first-order valence-corrected chi connectivity index (χ1v) is 3.88. The first-order chi connectivity index (χ1) is 6.43. The lowest BCUT2D eigenvalue weighted by molar-refractivity contribution is 0.0641. The summed E-state index contributed by atoms with van der Waals surface area (Å²) in [5, 5.41) is 16.4. The molecule has 90 valence electrons. The molecule has 16 heavy (non-hydrogen) atoms. The van der Waals surface area contributed by atoms with Gasteiger partial charge in [-0.3, -0.25) is 0 Å². The molecule has 2 N–H and O–H groups in total. The minimum atomic E-state index is -1.53. The topological polar surface area (TPSA) is 100 Å². The maximum Gasteiger partial charge on any atom is 0.357 e. The number of carboxylic acid groups (broad SMARTS) is 2. The van der Waals surface area contributed by atoms with Crippen molar-refractivity contribution in [2.24, 2.45) is 0 Å². The number of aromatic carboxylic acids is 2. The van der Waals surface area contributed by atoms with Crippen LogP contribution in [0.5, 0.6) is 0 Å². The molecule has 0 aliphatic rings. The predicted molar refractivity (Wildman–Crippen MR) is 60.5 cm³/mol. The van der Waals surface area contributed by atoms with E-state index in [1.807, 2.05) is 0 Å². The Hall–Kier alpha value is -0.820. The van der Waals surface area contributed by atoms with E-state index in [1.165, 1.54) is 0 Å². The monoisotopic (exact) mass is 308 g/mol. The van der Waals surface area contributed by atoms with Crippen molar-refractivity contribution in [1.29, 1.82) is 0 Å². The van der Waals surface area contributed by atoms with Gasteiger partial charge in [-0.1, -0.05) is 23.2 Å². The van der Waals surface area contributed by atoms with Crippen molar-refractivity contribution in [3.05, 3.63) is 21.7 Å². The Balaban J connectivity index is 0. The molecule has 0 atom stereocenters. The molecule has 1 aromatic heterocycles. The fraction of sp³-hybridized carbons (Fsp3) is 0. The summed E-state index contributed by atoms with van der Waals surface area (Å²) < 4.78 is 0. The van der Waals surface area contributed by atoms with Crippen molar-refractivity contribution in [2.75, 3.05) is 0 Å². The van der Waals surface area contributed by atoms with E-state index in [9.17, 15) is 9.59 Å². The van der Waals surface area contributed by atoms with E-state index < -0.39 is 23.3 Å². The average Bonchev–Trinajstić information content (AvgIpc) is 2.08. The second-order valence-electron chi connectivity index (χ2n) is 2.11. The first kappa shape index (κ1) is 17.6. The third kappa shape index (κ3) is 3.64. The van der Waals surface area contributed by atoms with Gasteiger partial charge in [-0.2, -0.15) is 0 Å². The maximum atomic E-state index is 10.5. The molecule has 0 aliphatic heterocycles. The molecule has 0 aromatic carbocycles. The molecule has 0 saturated carbocycles. The molecular weight excluding hydrogens is 306 g/mol. The highest BCUT2D eigenvalue weighted by atomic mass is 35.5. The molecule has 1 heterocycles. The molecule has 0 saturated heterocycles. The second-order valence-corrected chi connectivity index (χ2v) is 2.83. The number of nitrogens with zero attached hydrogens (tertiary/aromatic N) is 2. The fourth-order valence-electron chi connectivity index (χ4n) is 0.693. The summed E-state index contributed by atoms with van der Waals surface area (Å²) in [6.45, 7) is 0. The SMILES string of the molecule is Cl.Cl.O=C(O)c1nc(Cl)c(Cl)nc1C(=O)O. The number of halogens is 4. The minimum Gasteiger partial charge on any atom is -0.476 e. The number of aromatic nitrogens is 2. The van der Waals surface area contributed by atoms with Gasteiger partial charge in [0.25, 0.3) is 0 Å². The standard InChI is InChI=1S/C6H2Cl2N2O4.2ClH/c7-3-4(8)10-2(6(13)14)1(9-3)5(11)12;;/h(H,11,12)(H,13,14);2*1H. The molecule has 1 aromatic rings. The number of carbonyl (C=O) groups is 2. The molecule has 0 aliphatic carbocycles. The van der Waals surface area contributed by atoms with Crippen molar-refractivity contribution < 1.29 is 19.8 Å². The van der Waals surface area contributed by atoms with Crippen LogP contribution in [0, 0.1) is 0 Å². The molecule has 0 unspecified atom stereocenters. The van der Waals surface area contributed by atoms with Gasteiger partial charge < -0.3 is 10.2 Å². The van der Waals surface area contributed by atoms with Crippen LogP contribution in [-0.2, 0) is 0 Å². The Morgan fingerprint density at radius 2 is 1.12 bits per heavy atom. The minimum absolute atomic E-state index is 0. The van der Waals surface area contributed by atoms with Crippen LogP contribution in [0.2, 0.25) is 10.3 Å². The number of hydrogen-bond acceptors (Lipinski definition) is 4. The molecule has 0 spiro atoms. The molecule has 6 nitrogen and oxygen atoms in total. The van der Waals surface area contributed by atoms with E-state index in [2.05, 4.69) is 9.97 Å². The molecule has 0 radical (unpaired) electrons. The number of carboxylic acids is 2. The van der Waals surface area contributed by atoms with E-state index >= 15 is 0 Å². The first-order valence-electron chi connectivity index (χ1n) is 3.13. The molecule has 1 rings (SSSR count). The van der Waals surface area contributed by atoms with Gasteiger partial charge in [0.2, 0.25) is 0 Å². The lowest BCUT2D eigenvalue weighted by Gasteiger charge is -2.01. The van der Waals surface area contributed by atoms with Gasteiger partial charge in [0.1, 0.15) is 0 Å². The lowest BCUT2D eigenvalue weighted by atomic mass is 10.3. The van der Waals surface area contributed by atoms with E-state index in [-0.39, 0.29) is 35.1 Å². The van der Waals surface area contributed by atoms with Crippen LogP contribution in [0.4, 0.5) is 0 Å². The van der Waals surface area contributed by atoms with Crippen LogP contribution in [0.15, 0.2) is 0 Å². The predicted octanol–water partition coefficient (Wildman–Crippen LogP) is 2.02. The van der Waals surface area contributed by atoms with E-state index in [4.69, 9.17) is 33.4 Å². The highest BCUT2D eigenvalue weighted by Crippen LogP contribution is 2.18. The molecule has 0 bridgehead atoms. The van der Waals surface area contributed by atoms with Crippen molar-refractivity contribution in [2.45, 2.75) is 0 Å². The summed E-state index contributed by atoms with van der Waals surface area (Å²) in [5.74, 6) is -3.07. The van der Waals surface area contributed by atoms with Gasteiger partial charge in [-0.25, -0.2) is 19.6 Å². The summed E-state index contributed by atoms with van der Waals surface area (Å²) in [6, 6.07) is 0. The lowest BCUT2D eigenvalue weighted by Crippen LogP contribution is -2.13.